The Morgan fingerprint density at radius 3 is 2.64 bits per heavy atom. The Bertz CT molecular complexity index is 514. The fraction of sp³-hybridized carbons (Fsp3) is 0.364. The zero-order chi connectivity index (χ0) is 10.3. The highest BCUT2D eigenvalue weighted by Crippen LogP contribution is 2.19. The third-order valence-corrected chi connectivity index (χ3v) is 2.33. The Hall–Kier alpha value is -1.51. The van der Waals surface area contributed by atoms with Crippen LogP contribution < -0.4 is 5.43 Å². The lowest BCUT2D eigenvalue weighted by Gasteiger charge is -2.22. The molecule has 0 radical (unpaired) electrons. The van der Waals surface area contributed by atoms with Gasteiger partial charge < -0.3 is 9.55 Å². The third kappa shape index (κ3) is 1.25. The highest BCUT2D eigenvalue weighted by atomic mass is 16.1. The lowest BCUT2D eigenvalue weighted by atomic mass is 10.1. The molecule has 0 aliphatic carbocycles. The van der Waals surface area contributed by atoms with E-state index in [-0.39, 0.29) is 11.0 Å². The highest BCUT2D eigenvalue weighted by molar-refractivity contribution is 5.75. The molecule has 3 nitrogen and oxygen atoms in total. The zero-order valence-electron chi connectivity index (χ0n) is 8.66. The average molecular weight is 190 g/mol. The van der Waals surface area contributed by atoms with E-state index in [1.807, 2.05) is 12.3 Å². The van der Waals surface area contributed by atoms with Gasteiger partial charge in [0, 0.05) is 24.0 Å². The Balaban J connectivity index is 2.83. The topological polar surface area (TPSA) is 37.8 Å². The molecule has 2 heterocycles. The van der Waals surface area contributed by atoms with Crippen LogP contribution in [0.2, 0.25) is 0 Å². The first-order valence-corrected chi connectivity index (χ1v) is 4.69. The van der Waals surface area contributed by atoms with E-state index < -0.39 is 0 Å². The van der Waals surface area contributed by atoms with Gasteiger partial charge in [0.15, 0.2) is 5.43 Å². The van der Waals surface area contributed by atoms with Crippen molar-refractivity contribution < 1.29 is 0 Å². The van der Waals surface area contributed by atoms with Gasteiger partial charge in [-0.2, -0.15) is 0 Å². The summed E-state index contributed by atoms with van der Waals surface area (Å²) in [7, 11) is 0. The maximum absolute atomic E-state index is 11.5. The van der Waals surface area contributed by atoms with Crippen molar-refractivity contribution in [2.45, 2.75) is 26.3 Å². The highest BCUT2D eigenvalue weighted by Gasteiger charge is 2.15. The summed E-state index contributed by atoms with van der Waals surface area (Å²) >= 11 is 0. The van der Waals surface area contributed by atoms with E-state index in [4.69, 9.17) is 0 Å². The summed E-state index contributed by atoms with van der Waals surface area (Å²) in [5, 5.41) is 0.752. The Labute approximate surface area is 82.4 Å². The molecule has 0 aliphatic heterocycles. The van der Waals surface area contributed by atoms with E-state index >= 15 is 0 Å². The summed E-state index contributed by atoms with van der Waals surface area (Å²) in [6, 6.07) is 3.41. The third-order valence-electron chi connectivity index (χ3n) is 2.33. The first-order valence-electron chi connectivity index (χ1n) is 4.69. The lowest BCUT2D eigenvalue weighted by Crippen LogP contribution is -2.21. The van der Waals surface area contributed by atoms with Gasteiger partial charge in [0.1, 0.15) is 5.65 Å². The number of nitrogens with one attached hydrogen (secondary N) is 1. The number of nitrogens with zero attached hydrogens (tertiary/aromatic N) is 1. The SMILES string of the molecule is CC(C)(C)n1ccc2c(=O)cc[nH]c21. The summed E-state index contributed by atoms with van der Waals surface area (Å²) in [5.74, 6) is 0. The van der Waals surface area contributed by atoms with Crippen molar-refractivity contribution in [2.75, 3.05) is 0 Å². The minimum atomic E-state index is -0.00789. The zero-order valence-corrected chi connectivity index (χ0v) is 8.66. The van der Waals surface area contributed by atoms with Gasteiger partial charge >= 0.3 is 0 Å². The molecule has 0 aromatic carbocycles. The van der Waals surface area contributed by atoms with Crippen LogP contribution in [0.25, 0.3) is 11.0 Å². The standard InChI is InChI=1S/C11H14N2O/c1-11(2,3)13-7-5-8-9(14)4-6-12-10(8)13/h4-7H,1-3H3,(H,12,14). The second-order valence-corrected chi connectivity index (χ2v) is 4.46. The van der Waals surface area contributed by atoms with Gasteiger partial charge in [-0.3, -0.25) is 4.79 Å². The summed E-state index contributed by atoms with van der Waals surface area (Å²) in [5.41, 5.74) is 0.957. The lowest BCUT2D eigenvalue weighted by molar-refractivity contribution is 0.408. The molecule has 2 rings (SSSR count). The van der Waals surface area contributed by atoms with Crippen LogP contribution >= 0.6 is 0 Å². The van der Waals surface area contributed by atoms with Crippen molar-refractivity contribution in [2.24, 2.45) is 0 Å². The minimum Gasteiger partial charge on any atom is -0.347 e. The summed E-state index contributed by atoms with van der Waals surface area (Å²) in [4.78, 5) is 14.6. The summed E-state index contributed by atoms with van der Waals surface area (Å²) < 4.78 is 2.07. The molecule has 2 aromatic rings. The van der Waals surface area contributed by atoms with Crippen LogP contribution in [0.5, 0.6) is 0 Å². The van der Waals surface area contributed by atoms with Crippen LogP contribution in [0.4, 0.5) is 0 Å². The van der Waals surface area contributed by atoms with Crippen LogP contribution in [-0.4, -0.2) is 9.55 Å². The molecule has 1 N–H and O–H groups in total. The molecule has 0 aliphatic rings. The molecule has 0 amide bonds. The predicted molar refractivity (Wildman–Crippen MR) is 57.6 cm³/mol. The van der Waals surface area contributed by atoms with Crippen molar-refractivity contribution in [3.05, 3.63) is 34.7 Å². The molecule has 3 heteroatoms. The number of aromatic amines is 1. The van der Waals surface area contributed by atoms with Crippen LogP contribution in [0.3, 0.4) is 0 Å². The van der Waals surface area contributed by atoms with Gasteiger partial charge in [-0.05, 0) is 26.8 Å². The number of pyridine rings is 1. The molecule has 0 fully saturated rings. The van der Waals surface area contributed by atoms with E-state index in [9.17, 15) is 4.79 Å². The molecule has 74 valence electrons. The fourth-order valence-electron chi connectivity index (χ4n) is 1.62. The first-order chi connectivity index (χ1) is 6.50. The molecular weight excluding hydrogens is 176 g/mol. The van der Waals surface area contributed by atoms with Crippen molar-refractivity contribution >= 4 is 11.0 Å². The second kappa shape index (κ2) is 2.74. The number of fused-ring (bicyclic) bond motifs is 1. The molecular formula is C11H14N2O. The smallest absolute Gasteiger partial charge is 0.190 e. The molecule has 0 spiro atoms. The first kappa shape index (κ1) is 9.06. The van der Waals surface area contributed by atoms with Crippen molar-refractivity contribution in [3.8, 4) is 0 Å². The van der Waals surface area contributed by atoms with Gasteiger partial charge in [-0.15, -0.1) is 0 Å². The van der Waals surface area contributed by atoms with Crippen molar-refractivity contribution in [3.63, 3.8) is 0 Å². The van der Waals surface area contributed by atoms with E-state index in [1.54, 1.807) is 12.3 Å². The normalized spacial score (nSPS) is 12.2. The second-order valence-electron chi connectivity index (χ2n) is 4.46. The van der Waals surface area contributed by atoms with Gasteiger partial charge in [-0.25, -0.2) is 0 Å². The Morgan fingerprint density at radius 2 is 2.00 bits per heavy atom. The Morgan fingerprint density at radius 1 is 1.29 bits per heavy atom. The van der Waals surface area contributed by atoms with Crippen molar-refractivity contribution in [1.29, 1.82) is 0 Å². The quantitative estimate of drug-likeness (QED) is 0.678. The largest absolute Gasteiger partial charge is 0.347 e. The maximum Gasteiger partial charge on any atom is 0.190 e. The number of H-pyrrole nitrogens is 1. The van der Waals surface area contributed by atoms with E-state index in [0.29, 0.717) is 0 Å². The molecule has 0 saturated carbocycles. The van der Waals surface area contributed by atoms with Gasteiger partial charge in [0.25, 0.3) is 0 Å². The average Bonchev–Trinajstić information content (AvgIpc) is 2.47. The monoisotopic (exact) mass is 190 g/mol. The number of aromatic nitrogens is 2. The van der Waals surface area contributed by atoms with Gasteiger partial charge in [-0.1, -0.05) is 0 Å². The molecule has 2 aromatic heterocycles. The van der Waals surface area contributed by atoms with Crippen LogP contribution in [0.1, 0.15) is 20.8 Å². The number of hydrogen-bond acceptors (Lipinski definition) is 1. The van der Waals surface area contributed by atoms with Gasteiger partial charge in [0.05, 0.1) is 5.39 Å². The number of hydrogen-bond donors (Lipinski definition) is 1. The summed E-state index contributed by atoms with van der Waals surface area (Å²) in [6.07, 6.45) is 3.63. The molecule has 0 unspecified atom stereocenters. The Kier molecular flexibility index (Phi) is 1.77. The van der Waals surface area contributed by atoms with Gasteiger partial charge in [0.2, 0.25) is 0 Å². The fourth-order valence-corrected chi connectivity index (χ4v) is 1.62. The predicted octanol–water partition coefficient (Wildman–Crippen LogP) is 2.08. The van der Waals surface area contributed by atoms with Crippen molar-refractivity contribution in [1.82, 2.24) is 9.55 Å². The van der Waals surface area contributed by atoms with Crippen LogP contribution in [0.15, 0.2) is 29.3 Å². The van der Waals surface area contributed by atoms with E-state index in [2.05, 4.69) is 30.3 Å². The van der Waals surface area contributed by atoms with Crippen LogP contribution in [-0.2, 0) is 5.54 Å². The minimum absolute atomic E-state index is 0.00789. The molecule has 0 saturated heterocycles. The van der Waals surface area contributed by atoms with Crippen LogP contribution in [0, 0.1) is 0 Å². The maximum atomic E-state index is 11.5. The van der Waals surface area contributed by atoms with E-state index in [1.165, 1.54) is 0 Å². The molecule has 0 atom stereocenters. The molecule has 0 bridgehead atoms. The number of rotatable bonds is 0. The van der Waals surface area contributed by atoms with E-state index in [0.717, 1.165) is 11.0 Å². The molecule has 14 heavy (non-hydrogen) atoms. The summed E-state index contributed by atoms with van der Waals surface area (Å²) in [6.45, 7) is 6.33.